The molecule has 0 atom stereocenters. The fraction of sp³-hybridized carbons (Fsp3) is 0.333. The van der Waals surface area contributed by atoms with Gasteiger partial charge in [0, 0.05) is 37.6 Å². The molecule has 126 valence electrons. The molecule has 1 aromatic carbocycles. The number of rotatable bonds is 3. The molecule has 0 bridgehead atoms. The molecule has 9 heteroatoms. The molecule has 0 saturated carbocycles. The van der Waals surface area contributed by atoms with Gasteiger partial charge in [0.1, 0.15) is 6.33 Å². The maximum absolute atomic E-state index is 11.9. The zero-order chi connectivity index (χ0) is 16.9. The van der Waals surface area contributed by atoms with E-state index in [4.69, 9.17) is 0 Å². The SMILES string of the molecule is CN1CCN(c2ccc(NC(=O)C(=O)Nc3ncn[nH]3)cc2)CC1. The second kappa shape index (κ2) is 7.09. The van der Waals surface area contributed by atoms with Gasteiger partial charge in [-0.25, -0.2) is 5.10 Å². The Labute approximate surface area is 139 Å². The predicted molar refractivity (Wildman–Crippen MR) is 89.8 cm³/mol. The lowest BCUT2D eigenvalue weighted by atomic mass is 10.2. The van der Waals surface area contributed by atoms with Crippen molar-refractivity contribution in [3.63, 3.8) is 0 Å². The van der Waals surface area contributed by atoms with Gasteiger partial charge in [0.15, 0.2) is 0 Å². The number of amides is 2. The predicted octanol–water partition coefficient (Wildman–Crippen LogP) is 0.134. The van der Waals surface area contributed by atoms with E-state index in [0.29, 0.717) is 5.69 Å². The number of hydrogen-bond donors (Lipinski definition) is 3. The van der Waals surface area contributed by atoms with Gasteiger partial charge in [-0.15, -0.1) is 0 Å². The van der Waals surface area contributed by atoms with E-state index in [1.807, 2.05) is 12.1 Å². The Kier molecular flexibility index (Phi) is 4.71. The van der Waals surface area contributed by atoms with Crippen LogP contribution in [0.4, 0.5) is 17.3 Å². The quantitative estimate of drug-likeness (QED) is 0.691. The maximum Gasteiger partial charge on any atom is 0.316 e. The molecule has 9 nitrogen and oxygen atoms in total. The number of benzene rings is 1. The summed E-state index contributed by atoms with van der Waals surface area (Å²) in [6.07, 6.45) is 1.24. The lowest BCUT2D eigenvalue weighted by molar-refractivity contribution is -0.133. The fourth-order valence-corrected chi connectivity index (χ4v) is 2.44. The van der Waals surface area contributed by atoms with Crippen LogP contribution < -0.4 is 15.5 Å². The zero-order valence-electron chi connectivity index (χ0n) is 13.3. The topological polar surface area (TPSA) is 106 Å². The molecular weight excluding hydrogens is 310 g/mol. The van der Waals surface area contributed by atoms with Crippen LogP contribution in [0.2, 0.25) is 0 Å². The summed E-state index contributed by atoms with van der Waals surface area (Å²) < 4.78 is 0. The van der Waals surface area contributed by atoms with Gasteiger partial charge in [-0.05, 0) is 31.3 Å². The van der Waals surface area contributed by atoms with Gasteiger partial charge in [-0.3, -0.25) is 14.9 Å². The molecule has 1 aliphatic heterocycles. The van der Waals surface area contributed by atoms with Crippen LogP contribution in [0.25, 0.3) is 0 Å². The van der Waals surface area contributed by atoms with Crippen LogP contribution >= 0.6 is 0 Å². The molecule has 0 radical (unpaired) electrons. The third-order valence-corrected chi connectivity index (χ3v) is 3.85. The van der Waals surface area contributed by atoms with Crippen molar-refractivity contribution >= 4 is 29.1 Å². The number of nitrogens with one attached hydrogen (secondary N) is 3. The average Bonchev–Trinajstić information content (AvgIpc) is 3.09. The van der Waals surface area contributed by atoms with Gasteiger partial charge in [-0.2, -0.15) is 10.1 Å². The number of carbonyl (C=O) groups is 2. The normalized spacial score (nSPS) is 15.1. The molecule has 1 aliphatic rings. The van der Waals surface area contributed by atoms with E-state index in [9.17, 15) is 9.59 Å². The molecule has 2 heterocycles. The van der Waals surface area contributed by atoms with Crippen molar-refractivity contribution < 1.29 is 9.59 Å². The third-order valence-electron chi connectivity index (χ3n) is 3.85. The van der Waals surface area contributed by atoms with Crippen molar-refractivity contribution in [2.45, 2.75) is 0 Å². The van der Waals surface area contributed by atoms with E-state index in [1.54, 1.807) is 12.1 Å². The van der Waals surface area contributed by atoms with Gasteiger partial charge in [-0.1, -0.05) is 0 Å². The highest BCUT2D eigenvalue weighted by Gasteiger charge is 2.16. The molecule has 0 spiro atoms. The molecule has 2 aromatic rings. The van der Waals surface area contributed by atoms with E-state index in [2.05, 4.69) is 42.7 Å². The molecule has 1 fully saturated rings. The number of aromatic amines is 1. The number of anilines is 3. The van der Waals surface area contributed by atoms with Crippen LogP contribution in [0, 0.1) is 0 Å². The van der Waals surface area contributed by atoms with Crippen molar-refractivity contribution in [1.29, 1.82) is 0 Å². The summed E-state index contributed by atoms with van der Waals surface area (Å²) in [6.45, 7) is 4.00. The van der Waals surface area contributed by atoms with Gasteiger partial charge < -0.3 is 15.1 Å². The second-order valence-corrected chi connectivity index (χ2v) is 5.58. The van der Waals surface area contributed by atoms with Crippen molar-refractivity contribution in [2.75, 3.05) is 48.8 Å². The summed E-state index contributed by atoms with van der Waals surface area (Å²) in [7, 11) is 2.11. The molecule has 0 unspecified atom stereocenters. The van der Waals surface area contributed by atoms with E-state index < -0.39 is 11.8 Å². The lowest BCUT2D eigenvalue weighted by Gasteiger charge is -2.34. The Hall–Kier alpha value is -2.94. The molecule has 0 aliphatic carbocycles. The Balaban J connectivity index is 1.55. The summed E-state index contributed by atoms with van der Waals surface area (Å²) in [5.74, 6) is -1.45. The van der Waals surface area contributed by atoms with Crippen LogP contribution in [-0.2, 0) is 9.59 Å². The van der Waals surface area contributed by atoms with Crippen LogP contribution in [0.15, 0.2) is 30.6 Å². The highest BCUT2D eigenvalue weighted by molar-refractivity contribution is 6.43. The van der Waals surface area contributed by atoms with Crippen molar-refractivity contribution in [3.05, 3.63) is 30.6 Å². The fourth-order valence-electron chi connectivity index (χ4n) is 2.44. The first-order valence-electron chi connectivity index (χ1n) is 7.63. The molecule has 3 N–H and O–H groups in total. The van der Waals surface area contributed by atoms with Gasteiger partial charge in [0.2, 0.25) is 5.95 Å². The standard InChI is InChI=1S/C15H19N7O2/c1-21-6-8-22(9-7-21)12-4-2-11(3-5-12)18-13(23)14(24)19-15-16-10-17-20-15/h2-5,10H,6-9H2,1H3,(H,18,23)(H2,16,17,19,20,24). The monoisotopic (exact) mass is 329 g/mol. The van der Waals surface area contributed by atoms with Gasteiger partial charge in [0.25, 0.3) is 0 Å². The molecule has 1 saturated heterocycles. The summed E-state index contributed by atoms with van der Waals surface area (Å²) in [4.78, 5) is 31.9. The minimum atomic E-state index is -0.810. The zero-order valence-corrected chi connectivity index (χ0v) is 13.3. The van der Waals surface area contributed by atoms with Gasteiger partial charge in [0.05, 0.1) is 0 Å². The maximum atomic E-state index is 11.9. The molecule has 3 rings (SSSR count). The van der Waals surface area contributed by atoms with E-state index in [1.165, 1.54) is 6.33 Å². The molecule has 1 aromatic heterocycles. The summed E-state index contributed by atoms with van der Waals surface area (Å²) >= 11 is 0. The number of hydrogen-bond acceptors (Lipinski definition) is 6. The third kappa shape index (κ3) is 3.87. The van der Waals surface area contributed by atoms with E-state index >= 15 is 0 Å². The Morgan fingerprint density at radius 3 is 2.33 bits per heavy atom. The Morgan fingerprint density at radius 2 is 1.71 bits per heavy atom. The highest BCUT2D eigenvalue weighted by Crippen LogP contribution is 2.19. The van der Waals surface area contributed by atoms with Crippen LogP contribution in [-0.4, -0.2) is 65.1 Å². The van der Waals surface area contributed by atoms with Crippen molar-refractivity contribution in [1.82, 2.24) is 20.1 Å². The largest absolute Gasteiger partial charge is 0.369 e. The van der Waals surface area contributed by atoms with E-state index in [0.717, 1.165) is 31.9 Å². The smallest absolute Gasteiger partial charge is 0.316 e. The second-order valence-electron chi connectivity index (χ2n) is 5.58. The van der Waals surface area contributed by atoms with Crippen LogP contribution in [0.1, 0.15) is 0 Å². The number of aromatic nitrogens is 3. The van der Waals surface area contributed by atoms with Gasteiger partial charge >= 0.3 is 11.8 Å². The summed E-state index contributed by atoms with van der Waals surface area (Å²) in [5, 5.41) is 10.9. The first-order valence-corrected chi connectivity index (χ1v) is 7.63. The number of piperazine rings is 1. The van der Waals surface area contributed by atoms with Crippen molar-refractivity contribution in [3.8, 4) is 0 Å². The molecule has 24 heavy (non-hydrogen) atoms. The molecular formula is C15H19N7O2. The molecule has 2 amide bonds. The minimum absolute atomic E-state index is 0.126. The average molecular weight is 329 g/mol. The lowest BCUT2D eigenvalue weighted by Crippen LogP contribution is -2.44. The first kappa shape index (κ1) is 15.9. The number of H-pyrrole nitrogens is 1. The Bertz CT molecular complexity index is 691. The summed E-state index contributed by atoms with van der Waals surface area (Å²) in [5.41, 5.74) is 1.66. The van der Waals surface area contributed by atoms with Crippen molar-refractivity contribution in [2.24, 2.45) is 0 Å². The van der Waals surface area contributed by atoms with Crippen LogP contribution in [0.5, 0.6) is 0 Å². The number of carbonyl (C=O) groups excluding carboxylic acids is 2. The Morgan fingerprint density at radius 1 is 1.04 bits per heavy atom. The van der Waals surface area contributed by atoms with E-state index in [-0.39, 0.29) is 5.95 Å². The number of likely N-dealkylation sites (N-methyl/N-ethyl adjacent to an activating group) is 1. The summed E-state index contributed by atoms with van der Waals surface area (Å²) in [6, 6.07) is 7.45. The van der Waals surface area contributed by atoms with Crippen LogP contribution in [0.3, 0.4) is 0 Å². The first-order chi connectivity index (χ1) is 11.6. The minimum Gasteiger partial charge on any atom is -0.369 e. The highest BCUT2D eigenvalue weighted by atomic mass is 16.2. The number of nitrogens with zero attached hydrogens (tertiary/aromatic N) is 4.